The maximum absolute atomic E-state index is 10.7. The molecule has 24 heavy (non-hydrogen) atoms. The van der Waals surface area contributed by atoms with E-state index in [1.165, 1.54) is 0 Å². The van der Waals surface area contributed by atoms with Gasteiger partial charge in [0.05, 0.1) is 6.61 Å². The molecule has 2 saturated heterocycles. The molecule has 4 rings (SSSR count). The molecule has 0 saturated carbocycles. The summed E-state index contributed by atoms with van der Waals surface area (Å²) >= 11 is 0. The summed E-state index contributed by atoms with van der Waals surface area (Å²) in [6.07, 6.45) is -2.62. The second-order valence-electron chi connectivity index (χ2n) is 6.52. The van der Waals surface area contributed by atoms with Gasteiger partial charge in [-0.15, -0.1) is 0 Å². The van der Waals surface area contributed by atoms with Crippen LogP contribution in [-0.2, 0) is 19.8 Å². The van der Waals surface area contributed by atoms with Crippen molar-refractivity contribution in [2.45, 2.75) is 43.7 Å². The molecular weight excluding hydrogens is 314 g/mol. The third-order valence-corrected chi connectivity index (χ3v) is 4.44. The first-order chi connectivity index (χ1) is 11.5. The summed E-state index contributed by atoms with van der Waals surface area (Å²) in [4.78, 5) is 0. The summed E-state index contributed by atoms with van der Waals surface area (Å²) in [5.74, 6) is -0.329. The zero-order chi connectivity index (χ0) is 16.9. The van der Waals surface area contributed by atoms with Gasteiger partial charge in [-0.1, -0.05) is 35.5 Å². The van der Waals surface area contributed by atoms with Crippen LogP contribution in [0.3, 0.4) is 0 Å². The lowest BCUT2D eigenvalue weighted by molar-refractivity contribution is -0.250. The molecule has 3 heterocycles. The number of hydrogen-bond donors (Lipinski definition) is 2. The largest absolute Gasteiger partial charge is 0.393 e. The van der Waals surface area contributed by atoms with Crippen molar-refractivity contribution in [2.24, 2.45) is 0 Å². The Morgan fingerprint density at radius 2 is 1.88 bits per heavy atom. The summed E-state index contributed by atoms with van der Waals surface area (Å²) in [5, 5.41) is 24.6. The van der Waals surface area contributed by atoms with E-state index in [-0.39, 0.29) is 0 Å². The molecule has 1 aromatic heterocycles. The SMILES string of the molecule is CC1(C)O[C@H]2O[C@@](CO)(c3cc(-c4ccccc4)on3)[C@H](O)[C@H]2O1. The standard InChI is InChI=1S/C17H19NO6/c1-16(2)21-13-14(20)17(9-19,23-15(13)22-16)12-8-11(24-18-12)10-6-4-3-5-7-10/h3-8,13-15,19-20H,9H2,1-2H3/t13-,14-,15+,17+/m1/s1. The summed E-state index contributed by atoms with van der Waals surface area (Å²) in [7, 11) is 0. The number of nitrogens with zero attached hydrogens (tertiary/aromatic N) is 1. The van der Waals surface area contributed by atoms with Crippen molar-refractivity contribution in [1.82, 2.24) is 5.16 Å². The number of ether oxygens (including phenoxy) is 3. The molecule has 4 atom stereocenters. The van der Waals surface area contributed by atoms with Crippen LogP contribution in [0, 0.1) is 0 Å². The van der Waals surface area contributed by atoms with E-state index in [0.717, 1.165) is 5.56 Å². The lowest BCUT2D eigenvalue weighted by Crippen LogP contribution is -2.45. The molecule has 0 radical (unpaired) electrons. The minimum Gasteiger partial charge on any atom is -0.393 e. The molecule has 1 aromatic carbocycles. The molecule has 0 amide bonds. The first kappa shape index (κ1) is 15.7. The van der Waals surface area contributed by atoms with Crippen LogP contribution in [0.1, 0.15) is 19.5 Å². The predicted octanol–water partition coefficient (Wildman–Crippen LogP) is 1.40. The molecular formula is C17H19NO6. The van der Waals surface area contributed by atoms with Gasteiger partial charge in [0.25, 0.3) is 0 Å². The quantitative estimate of drug-likeness (QED) is 0.877. The van der Waals surface area contributed by atoms with Crippen LogP contribution in [0.15, 0.2) is 40.9 Å². The number of aromatic nitrogens is 1. The Hall–Kier alpha value is -1.77. The number of hydrogen-bond acceptors (Lipinski definition) is 7. The number of benzene rings is 1. The van der Waals surface area contributed by atoms with Gasteiger partial charge in [0, 0.05) is 11.6 Å². The van der Waals surface area contributed by atoms with Crippen molar-refractivity contribution < 1.29 is 28.9 Å². The summed E-state index contributed by atoms with van der Waals surface area (Å²) in [6, 6.07) is 11.1. The summed E-state index contributed by atoms with van der Waals surface area (Å²) < 4.78 is 22.5. The van der Waals surface area contributed by atoms with E-state index < -0.39 is 36.5 Å². The Morgan fingerprint density at radius 1 is 1.12 bits per heavy atom. The average Bonchev–Trinajstić information content (AvgIpc) is 3.23. The predicted molar refractivity (Wildman–Crippen MR) is 81.6 cm³/mol. The lowest BCUT2D eigenvalue weighted by atomic mass is 9.92. The van der Waals surface area contributed by atoms with E-state index in [1.54, 1.807) is 19.9 Å². The van der Waals surface area contributed by atoms with E-state index in [0.29, 0.717) is 11.5 Å². The Balaban J connectivity index is 1.67. The highest BCUT2D eigenvalue weighted by molar-refractivity contribution is 5.57. The van der Waals surface area contributed by atoms with Gasteiger partial charge in [-0.25, -0.2) is 0 Å². The van der Waals surface area contributed by atoms with Gasteiger partial charge < -0.3 is 28.9 Å². The highest BCUT2D eigenvalue weighted by Crippen LogP contribution is 2.47. The van der Waals surface area contributed by atoms with Crippen molar-refractivity contribution in [3.63, 3.8) is 0 Å². The molecule has 2 fully saturated rings. The van der Waals surface area contributed by atoms with Crippen LogP contribution >= 0.6 is 0 Å². The molecule has 0 aliphatic carbocycles. The monoisotopic (exact) mass is 333 g/mol. The van der Waals surface area contributed by atoms with Gasteiger partial charge in [-0.3, -0.25) is 0 Å². The zero-order valence-corrected chi connectivity index (χ0v) is 13.4. The van der Waals surface area contributed by atoms with Crippen molar-refractivity contribution in [2.75, 3.05) is 6.61 Å². The molecule has 2 aliphatic heterocycles. The fourth-order valence-corrected chi connectivity index (χ4v) is 3.24. The van der Waals surface area contributed by atoms with Gasteiger partial charge in [0.1, 0.15) is 17.9 Å². The molecule has 0 spiro atoms. The van der Waals surface area contributed by atoms with Crippen LogP contribution in [0.4, 0.5) is 0 Å². The Kier molecular flexibility index (Phi) is 3.52. The second kappa shape index (κ2) is 5.37. The lowest BCUT2D eigenvalue weighted by Gasteiger charge is -2.30. The van der Waals surface area contributed by atoms with Gasteiger partial charge in [0.2, 0.25) is 0 Å². The van der Waals surface area contributed by atoms with Crippen molar-refractivity contribution in [1.29, 1.82) is 0 Å². The third kappa shape index (κ3) is 2.28. The van der Waals surface area contributed by atoms with E-state index in [2.05, 4.69) is 5.16 Å². The fourth-order valence-electron chi connectivity index (χ4n) is 3.24. The van der Waals surface area contributed by atoms with Gasteiger partial charge >= 0.3 is 0 Å². The second-order valence-corrected chi connectivity index (χ2v) is 6.52. The topological polar surface area (TPSA) is 94.2 Å². The number of aliphatic hydroxyl groups excluding tert-OH is 2. The first-order valence-electron chi connectivity index (χ1n) is 7.80. The van der Waals surface area contributed by atoms with Crippen LogP contribution in [0.2, 0.25) is 0 Å². The molecule has 2 N–H and O–H groups in total. The van der Waals surface area contributed by atoms with Crippen LogP contribution in [0.5, 0.6) is 0 Å². The highest BCUT2D eigenvalue weighted by atomic mass is 16.8. The number of rotatable bonds is 3. The molecule has 0 bridgehead atoms. The smallest absolute Gasteiger partial charge is 0.191 e. The van der Waals surface area contributed by atoms with Gasteiger partial charge in [-0.2, -0.15) is 0 Å². The molecule has 7 heteroatoms. The molecule has 128 valence electrons. The minimum absolute atomic E-state index is 0.302. The maximum atomic E-state index is 10.7. The van der Waals surface area contributed by atoms with Crippen molar-refractivity contribution >= 4 is 0 Å². The van der Waals surface area contributed by atoms with Crippen molar-refractivity contribution in [3.05, 3.63) is 42.1 Å². The Bertz CT molecular complexity index is 730. The number of aliphatic hydroxyl groups is 2. The van der Waals surface area contributed by atoms with Crippen LogP contribution in [0.25, 0.3) is 11.3 Å². The Morgan fingerprint density at radius 3 is 2.54 bits per heavy atom. The van der Waals surface area contributed by atoms with Crippen LogP contribution in [-0.4, -0.2) is 46.3 Å². The molecule has 2 aromatic rings. The number of fused-ring (bicyclic) bond motifs is 1. The van der Waals surface area contributed by atoms with E-state index >= 15 is 0 Å². The zero-order valence-electron chi connectivity index (χ0n) is 13.4. The molecule has 7 nitrogen and oxygen atoms in total. The summed E-state index contributed by atoms with van der Waals surface area (Å²) in [5.41, 5.74) is -0.302. The van der Waals surface area contributed by atoms with Crippen molar-refractivity contribution in [3.8, 4) is 11.3 Å². The molecule has 2 aliphatic rings. The minimum atomic E-state index is -1.44. The molecule has 0 unspecified atom stereocenters. The maximum Gasteiger partial charge on any atom is 0.191 e. The average molecular weight is 333 g/mol. The normalized spacial score (nSPS) is 34.4. The Labute approximate surface area is 138 Å². The highest BCUT2D eigenvalue weighted by Gasteiger charge is 2.63. The fraction of sp³-hybridized carbons (Fsp3) is 0.471. The van der Waals surface area contributed by atoms with Gasteiger partial charge in [0.15, 0.2) is 23.4 Å². The van der Waals surface area contributed by atoms with Gasteiger partial charge in [-0.05, 0) is 13.8 Å². The first-order valence-corrected chi connectivity index (χ1v) is 7.80. The van der Waals surface area contributed by atoms with E-state index in [9.17, 15) is 10.2 Å². The van der Waals surface area contributed by atoms with Crippen LogP contribution < -0.4 is 0 Å². The third-order valence-electron chi connectivity index (χ3n) is 4.44. The van der Waals surface area contributed by atoms with E-state index in [1.807, 2.05) is 30.3 Å². The summed E-state index contributed by atoms with van der Waals surface area (Å²) in [6.45, 7) is 3.01. The van der Waals surface area contributed by atoms with E-state index in [4.69, 9.17) is 18.7 Å².